The number of rotatable bonds is 3. The number of hydrogen-bond acceptors (Lipinski definition) is 3. The van der Waals surface area contributed by atoms with Crippen molar-refractivity contribution in [1.82, 2.24) is 20.4 Å². The van der Waals surface area contributed by atoms with Crippen molar-refractivity contribution in [2.24, 2.45) is 0 Å². The molecule has 0 radical (unpaired) electrons. The van der Waals surface area contributed by atoms with Gasteiger partial charge in [-0.15, -0.1) is 0 Å². The van der Waals surface area contributed by atoms with Gasteiger partial charge < -0.3 is 10.6 Å². The highest BCUT2D eigenvalue weighted by Crippen LogP contribution is 2.10. The fourth-order valence-electron chi connectivity index (χ4n) is 2.42. The number of nitrogens with one attached hydrogen (secondary N) is 2. The fourth-order valence-corrected chi connectivity index (χ4v) is 2.42. The summed E-state index contributed by atoms with van der Waals surface area (Å²) in [7, 11) is 0. The van der Waals surface area contributed by atoms with Crippen LogP contribution in [0.5, 0.6) is 0 Å². The van der Waals surface area contributed by atoms with Gasteiger partial charge in [-0.1, -0.05) is 0 Å². The van der Waals surface area contributed by atoms with Crippen LogP contribution in [-0.4, -0.2) is 22.2 Å². The Kier molecular flexibility index (Phi) is 4.15. The number of aryl methyl sites for hydroxylation is 1. The Morgan fingerprint density at radius 3 is 3.00 bits per heavy atom. The summed E-state index contributed by atoms with van der Waals surface area (Å²) in [5, 5.41) is 10.4. The van der Waals surface area contributed by atoms with Gasteiger partial charge in [0.05, 0.1) is 17.9 Å². The number of aromatic nitrogens is 2. The molecule has 2 aromatic rings. The molecule has 116 valence electrons. The third-order valence-corrected chi connectivity index (χ3v) is 3.56. The second kappa shape index (κ2) is 6.23. The number of benzene rings is 1. The zero-order valence-corrected chi connectivity index (χ0v) is 11.9. The Hall–Kier alpha value is -2.28. The van der Waals surface area contributed by atoms with Crippen molar-refractivity contribution in [2.75, 3.05) is 6.54 Å². The molecular formula is C15H16F2N4O. The van der Waals surface area contributed by atoms with Crippen LogP contribution in [0.25, 0.3) is 0 Å². The van der Waals surface area contributed by atoms with Crippen molar-refractivity contribution in [2.45, 2.75) is 26.1 Å². The van der Waals surface area contributed by atoms with Gasteiger partial charge in [-0.3, -0.25) is 9.48 Å². The maximum absolute atomic E-state index is 13.1. The fraction of sp³-hybridized carbons (Fsp3) is 0.333. The molecule has 1 aliphatic heterocycles. The number of amides is 1. The van der Waals surface area contributed by atoms with Crippen LogP contribution in [0.1, 0.15) is 28.2 Å². The van der Waals surface area contributed by atoms with Crippen LogP contribution in [0.2, 0.25) is 0 Å². The van der Waals surface area contributed by atoms with Crippen molar-refractivity contribution in [1.29, 1.82) is 0 Å². The highest BCUT2D eigenvalue weighted by atomic mass is 19.2. The molecule has 2 N–H and O–H groups in total. The molecule has 3 rings (SSSR count). The largest absolute Gasteiger partial charge is 0.346 e. The molecule has 7 heteroatoms. The van der Waals surface area contributed by atoms with Crippen molar-refractivity contribution in [3.05, 3.63) is 52.9 Å². The number of hydrogen-bond donors (Lipinski definition) is 2. The normalized spacial score (nSPS) is 14.3. The summed E-state index contributed by atoms with van der Waals surface area (Å²) in [4.78, 5) is 11.9. The molecule has 0 saturated heterocycles. The van der Waals surface area contributed by atoms with E-state index in [4.69, 9.17) is 0 Å². The average Bonchev–Trinajstić information content (AvgIpc) is 2.77. The van der Waals surface area contributed by atoms with Crippen LogP contribution in [0.15, 0.2) is 24.3 Å². The Morgan fingerprint density at radius 2 is 2.18 bits per heavy atom. The number of carbonyl (C=O) groups is 1. The van der Waals surface area contributed by atoms with E-state index in [0.29, 0.717) is 0 Å². The molecule has 1 aromatic carbocycles. The SMILES string of the molecule is O=C(NCc1cc2n(n1)CCCNC2)c1ccc(F)c(F)c1. The second-order valence-electron chi connectivity index (χ2n) is 5.19. The predicted octanol–water partition coefficient (Wildman–Crippen LogP) is 1.58. The van der Waals surface area contributed by atoms with Gasteiger partial charge in [0, 0.05) is 18.7 Å². The first-order valence-corrected chi connectivity index (χ1v) is 7.13. The first-order chi connectivity index (χ1) is 10.6. The first kappa shape index (κ1) is 14.6. The minimum Gasteiger partial charge on any atom is -0.346 e. The molecule has 0 unspecified atom stereocenters. The van der Waals surface area contributed by atoms with Gasteiger partial charge in [-0.2, -0.15) is 5.10 Å². The predicted molar refractivity (Wildman–Crippen MR) is 76.1 cm³/mol. The Morgan fingerprint density at radius 1 is 1.32 bits per heavy atom. The summed E-state index contributed by atoms with van der Waals surface area (Å²) in [5.41, 5.74) is 1.91. The van der Waals surface area contributed by atoms with Gasteiger partial charge in [0.2, 0.25) is 0 Å². The molecular weight excluding hydrogens is 290 g/mol. The van der Waals surface area contributed by atoms with E-state index in [9.17, 15) is 13.6 Å². The molecule has 1 aromatic heterocycles. The van der Waals surface area contributed by atoms with E-state index in [1.165, 1.54) is 6.07 Å². The highest BCUT2D eigenvalue weighted by molar-refractivity contribution is 5.94. The lowest BCUT2D eigenvalue weighted by atomic mass is 10.2. The minimum absolute atomic E-state index is 0.0846. The first-order valence-electron chi connectivity index (χ1n) is 7.13. The molecule has 2 heterocycles. The van der Waals surface area contributed by atoms with Crippen molar-refractivity contribution in [3.63, 3.8) is 0 Å². The van der Waals surface area contributed by atoms with E-state index in [1.807, 2.05) is 10.7 Å². The zero-order valence-electron chi connectivity index (χ0n) is 11.9. The molecule has 0 aliphatic carbocycles. The van der Waals surface area contributed by atoms with Crippen LogP contribution in [0, 0.1) is 11.6 Å². The van der Waals surface area contributed by atoms with E-state index in [1.54, 1.807) is 0 Å². The molecule has 22 heavy (non-hydrogen) atoms. The lowest BCUT2D eigenvalue weighted by molar-refractivity contribution is 0.0949. The Bertz CT molecular complexity index is 675. The third kappa shape index (κ3) is 3.14. The summed E-state index contributed by atoms with van der Waals surface area (Å²) in [6.45, 7) is 2.81. The van der Waals surface area contributed by atoms with E-state index >= 15 is 0 Å². The average molecular weight is 306 g/mol. The Balaban J connectivity index is 1.64. The summed E-state index contributed by atoms with van der Waals surface area (Å²) in [5.74, 6) is -2.46. The van der Waals surface area contributed by atoms with Crippen LogP contribution in [0.4, 0.5) is 8.78 Å². The van der Waals surface area contributed by atoms with E-state index < -0.39 is 17.5 Å². The molecule has 5 nitrogen and oxygen atoms in total. The van der Waals surface area contributed by atoms with Gasteiger partial charge in [-0.25, -0.2) is 8.78 Å². The topological polar surface area (TPSA) is 59.0 Å². The van der Waals surface area contributed by atoms with Gasteiger partial charge in [0.15, 0.2) is 11.6 Å². The third-order valence-electron chi connectivity index (χ3n) is 3.56. The molecule has 0 fully saturated rings. The van der Waals surface area contributed by atoms with Gasteiger partial charge in [0.25, 0.3) is 5.91 Å². The second-order valence-corrected chi connectivity index (χ2v) is 5.19. The maximum Gasteiger partial charge on any atom is 0.251 e. The van der Waals surface area contributed by atoms with E-state index in [2.05, 4.69) is 15.7 Å². The van der Waals surface area contributed by atoms with Crippen molar-refractivity contribution < 1.29 is 13.6 Å². The monoisotopic (exact) mass is 306 g/mol. The molecule has 0 spiro atoms. The summed E-state index contributed by atoms with van der Waals surface area (Å²) in [6, 6.07) is 5.01. The molecule has 0 bridgehead atoms. The number of carbonyl (C=O) groups excluding carboxylic acids is 1. The number of fused-ring (bicyclic) bond motifs is 1. The van der Waals surface area contributed by atoms with Gasteiger partial charge in [-0.05, 0) is 37.2 Å². The molecule has 0 saturated carbocycles. The van der Waals surface area contributed by atoms with Gasteiger partial charge in [0.1, 0.15) is 0 Å². The minimum atomic E-state index is -1.03. The number of nitrogens with zero attached hydrogens (tertiary/aromatic N) is 2. The molecule has 0 atom stereocenters. The standard InChI is InChI=1S/C15H16F2N4O/c16-13-3-2-10(6-14(13)17)15(22)19-8-11-7-12-9-18-4-1-5-21(12)20-11/h2-3,6-7,18H,1,4-5,8-9H2,(H,19,22). The highest BCUT2D eigenvalue weighted by Gasteiger charge is 2.13. The van der Waals surface area contributed by atoms with E-state index in [0.717, 1.165) is 49.6 Å². The summed E-state index contributed by atoms with van der Waals surface area (Å²) < 4.78 is 27.9. The lowest BCUT2D eigenvalue weighted by Crippen LogP contribution is -2.23. The maximum atomic E-state index is 13.1. The quantitative estimate of drug-likeness (QED) is 0.905. The summed E-state index contributed by atoms with van der Waals surface area (Å²) in [6.07, 6.45) is 1.01. The smallest absolute Gasteiger partial charge is 0.251 e. The van der Waals surface area contributed by atoms with Crippen molar-refractivity contribution >= 4 is 5.91 Å². The van der Waals surface area contributed by atoms with Crippen LogP contribution >= 0.6 is 0 Å². The van der Waals surface area contributed by atoms with Crippen LogP contribution < -0.4 is 10.6 Å². The zero-order chi connectivity index (χ0) is 15.5. The molecule has 1 aliphatic rings. The van der Waals surface area contributed by atoms with Crippen LogP contribution in [-0.2, 0) is 19.6 Å². The molecule has 1 amide bonds. The Labute approximate surface area is 126 Å². The lowest BCUT2D eigenvalue weighted by Gasteiger charge is -2.04. The summed E-state index contributed by atoms with van der Waals surface area (Å²) >= 11 is 0. The van der Waals surface area contributed by atoms with Crippen molar-refractivity contribution in [3.8, 4) is 0 Å². The van der Waals surface area contributed by atoms with Gasteiger partial charge >= 0.3 is 0 Å². The van der Waals surface area contributed by atoms with Crippen LogP contribution in [0.3, 0.4) is 0 Å². The number of halogens is 2. The van der Waals surface area contributed by atoms with E-state index in [-0.39, 0.29) is 12.1 Å².